The van der Waals surface area contributed by atoms with E-state index in [1.807, 2.05) is 0 Å². The zero-order chi connectivity index (χ0) is 13.6. The molecule has 1 saturated heterocycles. The van der Waals surface area contributed by atoms with E-state index in [-0.39, 0.29) is 12.1 Å². The molecule has 18 heavy (non-hydrogen) atoms. The molecule has 0 aromatic heterocycles. The predicted octanol–water partition coefficient (Wildman–Crippen LogP) is 0.763. The quantitative estimate of drug-likeness (QED) is 0.706. The van der Waals surface area contributed by atoms with Gasteiger partial charge in [-0.2, -0.15) is 0 Å². The third kappa shape index (κ3) is 4.84. The lowest BCUT2D eigenvalue weighted by Crippen LogP contribution is -2.57. The van der Waals surface area contributed by atoms with Crippen LogP contribution in [0.5, 0.6) is 0 Å². The minimum absolute atomic E-state index is 0.162. The van der Waals surface area contributed by atoms with Gasteiger partial charge in [-0.15, -0.1) is 0 Å². The topological polar surface area (TPSA) is 38.7 Å². The molecule has 0 aliphatic carbocycles. The molecule has 0 saturated carbocycles. The van der Waals surface area contributed by atoms with Gasteiger partial charge in [-0.25, -0.2) is 0 Å². The Balaban J connectivity index is 2.48. The van der Waals surface area contributed by atoms with Gasteiger partial charge >= 0.3 is 0 Å². The minimum Gasteiger partial charge on any atom is -0.394 e. The minimum atomic E-state index is -0.162. The van der Waals surface area contributed by atoms with Crippen molar-refractivity contribution < 1.29 is 5.11 Å². The van der Waals surface area contributed by atoms with Crippen LogP contribution in [0.4, 0.5) is 0 Å². The average Bonchev–Trinajstić information content (AvgIpc) is 2.36. The summed E-state index contributed by atoms with van der Waals surface area (Å²) in [5, 5.41) is 13.1. The van der Waals surface area contributed by atoms with Gasteiger partial charge in [-0.3, -0.25) is 4.90 Å². The number of likely N-dealkylation sites (tertiary alicyclic amines) is 1. The van der Waals surface area contributed by atoms with Crippen LogP contribution in [0.1, 0.15) is 33.1 Å². The Bertz CT molecular complexity index is 235. The van der Waals surface area contributed by atoms with Crippen molar-refractivity contribution in [3.8, 4) is 0 Å². The third-order valence-corrected chi connectivity index (χ3v) is 3.93. The number of nitrogens with zero attached hydrogens (tertiary/aromatic N) is 2. The summed E-state index contributed by atoms with van der Waals surface area (Å²) in [6.45, 7) is 8.69. The molecule has 2 N–H and O–H groups in total. The lowest BCUT2D eigenvalue weighted by Gasteiger charge is -2.41. The van der Waals surface area contributed by atoms with Gasteiger partial charge in [0, 0.05) is 19.1 Å². The average molecular weight is 257 g/mol. The first-order chi connectivity index (χ1) is 8.50. The molecule has 0 amide bonds. The van der Waals surface area contributed by atoms with Gasteiger partial charge in [0.15, 0.2) is 0 Å². The lowest BCUT2D eigenvalue weighted by atomic mass is 9.98. The van der Waals surface area contributed by atoms with E-state index in [2.05, 4.69) is 43.1 Å². The van der Waals surface area contributed by atoms with Crippen LogP contribution < -0.4 is 5.32 Å². The van der Waals surface area contributed by atoms with Crippen LogP contribution in [0.3, 0.4) is 0 Å². The molecule has 2 atom stereocenters. The van der Waals surface area contributed by atoms with Crippen molar-refractivity contribution in [2.75, 3.05) is 46.9 Å². The number of aliphatic hydroxyl groups is 1. The molecular weight excluding hydrogens is 226 g/mol. The molecule has 0 bridgehead atoms. The van der Waals surface area contributed by atoms with Crippen LogP contribution in [0.15, 0.2) is 0 Å². The van der Waals surface area contributed by atoms with E-state index < -0.39 is 0 Å². The van der Waals surface area contributed by atoms with Gasteiger partial charge in [0.05, 0.1) is 12.1 Å². The van der Waals surface area contributed by atoms with E-state index in [0.717, 1.165) is 32.6 Å². The zero-order valence-corrected chi connectivity index (χ0v) is 12.6. The molecule has 1 fully saturated rings. The molecule has 1 aliphatic heterocycles. The summed E-state index contributed by atoms with van der Waals surface area (Å²) in [6.07, 6.45) is 3.66. The van der Waals surface area contributed by atoms with Crippen molar-refractivity contribution in [2.45, 2.75) is 44.7 Å². The maximum absolute atomic E-state index is 9.62. The Morgan fingerprint density at radius 3 is 2.72 bits per heavy atom. The molecule has 4 heteroatoms. The number of piperidine rings is 1. The van der Waals surface area contributed by atoms with E-state index in [1.165, 1.54) is 12.8 Å². The second-order valence-electron chi connectivity index (χ2n) is 6.14. The number of aliphatic hydroxyl groups excluding tert-OH is 1. The highest BCUT2D eigenvalue weighted by Crippen LogP contribution is 2.16. The molecule has 0 radical (unpaired) electrons. The summed E-state index contributed by atoms with van der Waals surface area (Å²) < 4.78 is 0. The highest BCUT2D eigenvalue weighted by atomic mass is 16.3. The molecule has 1 aliphatic rings. The smallest absolute Gasteiger partial charge is 0.0623 e. The Kier molecular flexibility index (Phi) is 6.57. The van der Waals surface area contributed by atoms with Crippen LogP contribution in [0.25, 0.3) is 0 Å². The molecule has 4 nitrogen and oxygen atoms in total. The van der Waals surface area contributed by atoms with Gasteiger partial charge in [-0.1, -0.05) is 6.92 Å². The number of nitrogens with one attached hydrogen (secondary N) is 1. The fraction of sp³-hybridized carbons (Fsp3) is 1.00. The molecule has 0 spiro atoms. The monoisotopic (exact) mass is 257 g/mol. The summed E-state index contributed by atoms with van der Waals surface area (Å²) in [5.41, 5.74) is -0.162. The van der Waals surface area contributed by atoms with Gasteiger partial charge in [0.1, 0.15) is 0 Å². The van der Waals surface area contributed by atoms with Crippen molar-refractivity contribution in [3.05, 3.63) is 0 Å². The van der Waals surface area contributed by atoms with E-state index in [1.54, 1.807) is 0 Å². The maximum Gasteiger partial charge on any atom is 0.0623 e. The van der Waals surface area contributed by atoms with Crippen LogP contribution >= 0.6 is 0 Å². The van der Waals surface area contributed by atoms with Gasteiger partial charge in [0.2, 0.25) is 0 Å². The Hall–Kier alpha value is -0.160. The number of hydrogen-bond donors (Lipinski definition) is 2. The molecule has 2 unspecified atom stereocenters. The summed E-state index contributed by atoms with van der Waals surface area (Å²) in [7, 11) is 4.32. The number of hydrogen-bond acceptors (Lipinski definition) is 4. The molecule has 1 rings (SSSR count). The van der Waals surface area contributed by atoms with Crippen LogP contribution in [0, 0.1) is 0 Å². The largest absolute Gasteiger partial charge is 0.394 e. The maximum atomic E-state index is 9.62. The summed E-state index contributed by atoms with van der Waals surface area (Å²) in [6, 6.07) is 0.660. The number of likely N-dealkylation sites (N-methyl/N-ethyl adjacent to an activating group) is 1. The van der Waals surface area contributed by atoms with Crippen molar-refractivity contribution >= 4 is 0 Å². The summed E-state index contributed by atoms with van der Waals surface area (Å²) in [4.78, 5) is 4.81. The fourth-order valence-corrected chi connectivity index (χ4v) is 2.68. The first kappa shape index (κ1) is 15.9. The highest BCUT2D eigenvalue weighted by molar-refractivity contribution is 4.89. The van der Waals surface area contributed by atoms with E-state index in [9.17, 15) is 5.11 Å². The third-order valence-electron chi connectivity index (χ3n) is 3.93. The normalized spacial score (nSPS) is 25.3. The van der Waals surface area contributed by atoms with Crippen LogP contribution in [-0.2, 0) is 0 Å². The van der Waals surface area contributed by atoms with Crippen LogP contribution in [-0.4, -0.2) is 73.4 Å². The molecular formula is C14H31N3O. The van der Waals surface area contributed by atoms with Crippen molar-refractivity contribution in [2.24, 2.45) is 0 Å². The highest BCUT2D eigenvalue weighted by Gasteiger charge is 2.29. The SMILES string of the molecule is CCCNC(C)(CO)CN1CCCC(N(C)C)C1. The van der Waals surface area contributed by atoms with E-state index in [4.69, 9.17) is 0 Å². The molecule has 1 heterocycles. The number of rotatable bonds is 7. The molecule has 0 aromatic carbocycles. The van der Waals surface area contributed by atoms with Crippen molar-refractivity contribution in [3.63, 3.8) is 0 Å². The van der Waals surface area contributed by atoms with Crippen molar-refractivity contribution in [1.29, 1.82) is 0 Å². The van der Waals surface area contributed by atoms with E-state index in [0.29, 0.717) is 6.04 Å². The first-order valence-corrected chi connectivity index (χ1v) is 7.25. The van der Waals surface area contributed by atoms with E-state index >= 15 is 0 Å². The van der Waals surface area contributed by atoms with Gasteiger partial charge < -0.3 is 15.3 Å². The first-order valence-electron chi connectivity index (χ1n) is 7.25. The van der Waals surface area contributed by atoms with Crippen molar-refractivity contribution in [1.82, 2.24) is 15.1 Å². The second-order valence-corrected chi connectivity index (χ2v) is 6.14. The molecule has 0 aromatic rings. The molecule has 108 valence electrons. The summed E-state index contributed by atoms with van der Waals surface area (Å²) >= 11 is 0. The Morgan fingerprint density at radius 2 is 2.17 bits per heavy atom. The Morgan fingerprint density at radius 1 is 1.44 bits per heavy atom. The van der Waals surface area contributed by atoms with Crippen LogP contribution in [0.2, 0.25) is 0 Å². The van der Waals surface area contributed by atoms with Gasteiger partial charge in [0.25, 0.3) is 0 Å². The lowest BCUT2D eigenvalue weighted by molar-refractivity contribution is 0.0783. The summed E-state index contributed by atoms with van der Waals surface area (Å²) in [5.74, 6) is 0. The predicted molar refractivity (Wildman–Crippen MR) is 76.9 cm³/mol. The Labute approximate surface area is 112 Å². The second kappa shape index (κ2) is 7.43. The fourth-order valence-electron chi connectivity index (χ4n) is 2.68. The zero-order valence-electron chi connectivity index (χ0n) is 12.6. The standard InChI is InChI=1S/C14H31N3O/c1-5-8-15-14(2,12-18)11-17-9-6-7-13(10-17)16(3)4/h13,15,18H,5-12H2,1-4H3. The van der Waals surface area contributed by atoms with Gasteiger partial charge in [-0.05, 0) is 53.4 Å².